The van der Waals surface area contributed by atoms with Gasteiger partial charge >= 0.3 is 6.03 Å². The fraction of sp³-hybridized carbons (Fsp3) is 0.429. The number of aromatic nitrogens is 4. The Hall–Kier alpha value is -3.16. The van der Waals surface area contributed by atoms with E-state index in [1.165, 1.54) is 0 Å². The van der Waals surface area contributed by atoms with Gasteiger partial charge in [0.25, 0.3) is 0 Å². The van der Waals surface area contributed by atoms with Crippen molar-refractivity contribution in [3.8, 4) is 0 Å². The van der Waals surface area contributed by atoms with Gasteiger partial charge in [-0.1, -0.05) is 35.5 Å². The molecule has 29 heavy (non-hydrogen) atoms. The molecule has 2 aromatic heterocycles. The highest BCUT2D eigenvalue weighted by Gasteiger charge is 2.23. The Morgan fingerprint density at radius 3 is 3.00 bits per heavy atom. The van der Waals surface area contributed by atoms with E-state index in [4.69, 9.17) is 4.52 Å². The lowest BCUT2D eigenvalue weighted by Crippen LogP contribution is -2.46. The zero-order chi connectivity index (χ0) is 19.9. The monoisotopic (exact) mass is 394 g/mol. The summed E-state index contributed by atoms with van der Waals surface area (Å²) in [5.74, 6) is 1.67. The van der Waals surface area contributed by atoms with Crippen molar-refractivity contribution in [3.63, 3.8) is 0 Å². The number of amides is 2. The second kappa shape index (κ2) is 9.36. The maximum Gasteiger partial charge on any atom is 0.317 e. The smallest absolute Gasteiger partial charge is 0.317 e. The van der Waals surface area contributed by atoms with Crippen LogP contribution in [0.15, 0.2) is 53.6 Å². The molecular weight excluding hydrogens is 368 g/mol. The predicted molar refractivity (Wildman–Crippen MR) is 107 cm³/mol. The fourth-order valence-electron chi connectivity index (χ4n) is 3.72. The lowest BCUT2D eigenvalue weighted by molar-refractivity contribution is 0.159. The highest BCUT2D eigenvalue weighted by molar-refractivity contribution is 5.74. The van der Waals surface area contributed by atoms with Gasteiger partial charge < -0.3 is 19.3 Å². The third kappa shape index (κ3) is 5.43. The highest BCUT2D eigenvalue weighted by Crippen LogP contribution is 2.18. The van der Waals surface area contributed by atoms with Crippen molar-refractivity contribution < 1.29 is 9.32 Å². The summed E-state index contributed by atoms with van der Waals surface area (Å²) in [6.07, 6.45) is 8.91. The number of likely N-dealkylation sites (tertiary alicyclic amines) is 1. The number of nitrogens with one attached hydrogen (secondary N) is 1. The van der Waals surface area contributed by atoms with E-state index in [-0.39, 0.29) is 6.03 Å². The molecule has 1 unspecified atom stereocenters. The number of hydrogen-bond donors (Lipinski definition) is 1. The van der Waals surface area contributed by atoms with E-state index < -0.39 is 0 Å². The van der Waals surface area contributed by atoms with Gasteiger partial charge in [0, 0.05) is 51.4 Å². The van der Waals surface area contributed by atoms with E-state index in [9.17, 15) is 4.79 Å². The first-order chi connectivity index (χ1) is 14.3. The summed E-state index contributed by atoms with van der Waals surface area (Å²) in [6.45, 7) is 2.95. The minimum atomic E-state index is -0.0237. The summed E-state index contributed by atoms with van der Waals surface area (Å²) in [7, 11) is 0. The molecule has 0 aliphatic carbocycles. The van der Waals surface area contributed by atoms with Crippen LogP contribution in [0.4, 0.5) is 4.79 Å². The highest BCUT2D eigenvalue weighted by atomic mass is 16.5. The number of imidazole rings is 1. The largest absolute Gasteiger partial charge is 0.339 e. The minimum Gasteiger partial charge on any atom is -0.339 e. The SMILES string of the molecule is O=C(NCCc1nc(Cc2ccccc2)no1)N1CCCC(Cn2ccnc2)C1. The summed E-state index contributed by atoms with van der Waals surface area (Å²) in [5.41, 5.74) is 1.14. The topological polar surface area (TPSA) is 89.1 Å². The molecule has 0 radical (unpaired) electrons. The van der Waals surface area contributed by atoms with Gasteiger partial charge in [0.05, 0.1) is 6.33 Å². The summed E-state index contributed by atoms with van der Waals surface area (Å²) in [5, 5.41) is 7.01. The van der Waals surface area contributed by atoms with Gasteiger partial charge in [-0.3, -0.25) is 0 Å². The number of piperidine rings is 1. The minimum absolute atomic E-state index is 0.0237. The molecule has 1 atom stereocenters. The molecule has 1 N–H and O–H groups in total. The summed E-state index contributed by atoms with van der Waals surface area (Å²) >= 11 is 0. The van der Waals surface area contributed by atoms with Gasteiger partial charge in [-0.25, -0.2) is 9.78 Å². The normalized spacial score (nSPS) is 16.7. The van der Waals surface area contributed by atoms with Crippen molar-refractivity contribution in [2.24, 2.45) is 5.92 Å². The van der Waals surface area contributed by atoms with Crippen LogP contribution in [-0.2, 0) is 19.4 Å². The van der Waals surface area contributed by atoms with Gasteiger partial charge in [-0.15, -0.1) is 0 Å². The van der Waals surface area contributed by atoms with Crippen LogP contribution in [0.25, 0.3) is 0 Å². The zero-order valence-corrected chi connectivity index (χ0v) is 16.4. The van der Waals surface area contributed by atoms with E-state index in [1.807, 2.05) is 47.8 Å². The number of urea groups is 1. The number of rotatable bonds is 7. The number of carbonyl (C=O) groups excluding carboxylic acids is 1. The van der Waals surface area contributed by atoms with Gasteiger partial charge in [-0.2, -0.15) is 4.98 Å². The standard InChI is InChI=1S/C21H26N6O2/c28-21(27-11-4-7-18(15-27)14-26-12-10-22-16-26)23-9-8-20-24-19(25-29-20)13-17-5-2-1-3-6-17/h1-3,5-6,10,12,16,18H,4,7-9,11,13-15H2,(H,23,28). The van der Waals surface area contributed by atoms with Gasteiger partial charge in [0.15, 0.2) is 5.82 Å². The zero-order valence-electron chi connectivity index (χ0n) is 16.4. The van der Waals surface area contributed by atoms with Crippen LogP contribution in [0.1, 0.15) is 30.1 Å². The van der Waals surface area contributed by atoms with Crippen molar-refractivity contribution in [3.05, 3.63) is 66.3 Å². The molecule has 8 heteroatoms. The van der Waals surface area contributed by atoms with Gasteiger partial charge in [0.2, 0.25) is 5.89 Å². The van der Waals surface area contributed by atoms with E-state index in [0.717, 1.165) is 38.0 Å². The Labute approximate surface area is 169 Å². The molecule has 1 aliphatic rings. The van der Waals surface area contributed by atoms with E-state index >= 15 is 0 Å². The van der Waals surface area contributed by atoms with Crippen LogP contribution >= 0.6 is 0 Å². The second-order valence-electron chi connectivity index (χ2n) is 7.46. The van der Waals surface area contributed by atoms with Crippen molar-refractivity contribution in [1.29, 1.82) is 0 Å². The molecule has 2 amide bonds. The number of hydrogen-bond acceptors (Lipinski definition) is 5. The third-order valence-corrected chi connectivity index (χ3v) is 5.16. The molecule has 0 bridgehead atoms. The first-order valence-corrected chi connectivity index (χ1v) is 10.1. The van der Waals surface area contributed by atoms with Crippen molar-refractivity contribution in [1.82, 2.24) is 29.9 Å². The Bertz CT molecular complexity index is 893. The van der Waals surface area contributed by atoms with Crippen LogP contribution in [-0.4, -0.2) is 50.3 Å². The lowest BCUT2D eigenvalue weighted by Gasteiger charge is -2.32. The maximum absolute atomic E-state index is 12.5. The Morgan fingerprint density at radius 1 is 1.28 bits per heavy atom. The average molecular weight is 394 g/mol. The van der Waals surface area contributed by atoms with Crippen LogP contribution in [0.3, 0.4) is 0 Å². The Morgan fingerprint density at radius 2 is 2.17 bits per heavy atom. The summed E-state index contributed by atoms with van der Waals surface area (Å²) in [6, 6.07) is 10.0. The Kier molecular flexibility index (Phi) is 6.19. The molecule has 3 aromatic rings. The summed E-state index contributed by atoms with van der Waals surface area (Å²) < 4.78 is 7.38. The molecule has 0 spiro atoms. The van der Waals surface area contributed by atoms with Crippen molar-refractivity contribution in [2.75, 3.05) is 19.6 Å². The van der Waals surface area contributed by atoms with Crippen molar-refractivity contribution in [2.45, 2.75) is 32.2 Å². The molecule has 1 fully saturated rings. The third-order valence-electron chi connectivity index (χ3n) is 5.16. The maximum atomic E-state index is 12.5. The second-order valence-corrected chi connectivity index (χ2v) is 7.46. The van der Waals surface area contributed by atoms with E-state index in [2.05, 4.69) is 25.0 Å². The number of carbonyl (C=O) groups is 1. The van der Waals surface area contributed by atoms with Crippen LogP contribution in [0.5, 0.6) is 0 Å². The quantitative estimate of drug-likeness (QED) is 0.665. The van der Waals surface area contributed by atoms with Crippen LogP contribution in [0.2, 0.25) is 0 Å². The molecule has 1 aromatic carbocycles. The number of nitrogens with zero attached hydrogens (tertiary/aromatic N) is 5. The average Bonchev–Trinajstić information content (AvgIpc) is 3.41. The first-order valence-electron chi connectivity index (χ1n) is 10.1. The van der Waals surface area contributed by atoms with Gasteiger partial charge in [-0.05, 0) is 24.3 Å². The molecule has 4 rings (SSSR count). The van der Waals surface area contributed by atoms with E-state index in [0.29, 0.717) is 37.0 Å². The lowest BCUT2D eigenvalue weighted by atomic mass is 9.98. The van der Waals surface area contributed by atoms with Crippen molar-refractivity contribution >= 4 is 6.03 Å². The Balaban J connectivity index is 1.20. The molecule has 3 heterocycles. The molecule has 1 aliphatic heterocycles. The molecule has 1 saturated heterocycles. The van der Waals surface area contributed by atoms with E-state index in [1.54, 1.807) is 6.20 Å². The predicted octanol–water partition coefficient (Wildman–Crippen LogP) is 2.52. The fourth-order valence-corrected chi connectivity index (χ4v) is 3.72. The molecule has 8 nitrogen and oxygen atoms in total. The van der Waals surface area contributed by atoms with Gasteiger partial charge in [0.1, 0.15) is 0 Å². The van der Waals surface area contributed by atoms with Crippen LogP contribution in [0, 0.1) is 5.92 Å². The summed E-state index contributed by atoms with van der Waals surface area (Å²) in [4.78, 5) is 22.9. The number of benzene rings is 1. The van der Waals surface area contributed by atoms with Crippen LogP contribution < -0.4 is 5.32 Å². The molecule has 152 valence electrons. The molecule has 0 saturated carbocycles. The molecular formula is C21H26N6O2. The first kappa shape index (κ1) is 19.2.